The Morgan fingerprint density at radius 3 is 2.43 bits per heavy atom. The van der Waals surface area contributed by atoms with Crippen LogP contribution in [-0.4, -0.2) is 30.4 Å². The molecule has 5 nitrogen and oxygen atoms in total. The van der Waals surface area contributed by atoms with Crippen molar-refractivity contribution < 1.29 is 9.59 Å². The molecule has 2 amide bonds. The third kappa shape index (κ3) is 6.37. The highest BCUT2D eigenvalue weighted by Crippen LogP contribution is 2.22. The molecule has 1 rings (SSSR count). The molecule has 0 aliphatic rings. The van der Waals surface area contributed by atoms with Gasteiger partial charge >= 0.3 is 0 Å². The van der Waals surface area contributed by atoms with Crippen LogP contribution in [0.25, 0.3) is 0 Å². The van der Waals surface area contributed by atoms with E-state index in [1.54, 1.807) is 6.07 Å². The van der Waals surface area contributed by atoms with Crippen LogP contribution in [0.3, 0.4) is 0 Å². The second kappa shape index (κ2) is 8.52. The predicted molar refractivity (Wildman–Crippen MR) is 93.9 cm³/mol. The zero-order valence-electron chi connectivity index (χ0n) is 13.6. The van der Waals surface area contributed by atoms with Gasteiger partial charge < -0.3 is 16.4 Å². The molecule has 1 aromatic rings. The van der Waals surface area contributed by atoms with Gasteiger partial charge in [-0.15, -0.1) is 0 Å². The SMILES string of the molecule is CC(C)CC(C)(CN)NC(=O)CNC(=O)c1ccc(Cl)c(Cl)c1. The van der Waals surface area contributed by atoms with Crippen molar-refractivity contribution in [3.8, 4) is 0 Å². The summed E-state index contributed by atoms with van der Waals surface area (Å²) < 4.78 is 0. The summed E-state index contributed by atoms with van der Waals surface area (Å²) in [5.41, 5.74) is 5.61. The molecule has 0 spiro atoms. The first-order valence-electron chi connectivity index (χ1n) is 7.41. The molecular formula is C16H23Cl2N3O2. The highest BCUT2D eigenvalue weighted by molar-refractivity contribution is 6.42. The van der Waals surface area contributed by atoms with Gasteiger partial charge in [-0.1, -0.05) is 37.0 Å². The van der Waals surface area contributed by atoms with Crippen LogP contribution in [-0.2, 0) is 4.79 Å². The lowest BCUT2D eigenvalue weighted by atomic mass is 9.91. The van der Waals surface area contributed by atoms with E-state index in [-0.39, 0.29) is 17.5 Å². The number of nitrogens with two attached hydrogens (primary N) is 1. The maximum absolute atomic E-state index is 12.0. The fourth-order valence-corrected chi connectivity index (χ4v) is 2.67. The van der Waals surface area contributed by atoms with Crippen LogP contribution in [0.5, 0.6) is 0 Å². The lowest BCUT2D eigenvalue weighted by Gasteiger charge is -2.31. The van der Waals surface area contributed by atoms with E-state index >= 15 is 0 Å². The third-order valence-electron chi connectivity index (χ3n) is 3.34. The normalized spacial score (nSPS) is 13.5. The van der Waals surface area contributed by atoms with Crippen LogP contribution < -0.4 is 16.4 Å². The lowest BCUT2D eigenvalue weighted by molar-refractivity contribution is -0.121. The lowest BCUT2D eigenvalue weighted by Crippen LogP contribution is -2.54. The number of amides is 2. The van der Waals surface area contributed by atoms with Crippen molar-refractivity contribution in [2.75, 3.05) is 13.1 Å². The van der Waals surface area contributed by atoms with E-state index in [0.717, 1.165) is 6.42 Å². The molecule has 0 bridgehead atoms. The van der Waals surface area contributed by atoms with Crippen molar-refractivity contribution in [3.63, 3.8) is 0 Å². The minimum absolute atomic E-state index is 0.132. The minimum Gasteiger partial charge on any atom is -0.348 e. The molecule has 4 N–H and O–H groups in total. The van der Waals surface area contributed by atoms with Crippen molar-refractivity contribution in [1.29, 1.82) is 0 Å². The Morgan fingerprint density at radius 2 is 1.91 bits per heavy atom. The van der Waals surface area contributed by atoms with E-state index in [2.05, 4.69) is 24.5 Å². The Morgan fingerprint density at radius 1 is 1.26 bits per heavy atom. The van der Waals surface area contributed by atoms with Crippen LogP contribution in [0.2, 0.25) is 10.0 Å². The van der Waals surface area contributed by atoms with Crippen LogP contribution in [0.15, 0.2) is 18.2 Å². The number of hydrogen-bond donors (Lipinski definition) is 3. The molecule has 1 aromatic carbocycles. The Balaban J connectivity index is 2.58. The topological polar surface area (TPSA) is 84.2 Å². The number of hydrogen-bond acceptors (Lipinski definition) is 3. The molecule has 1 unspecified atom stereocenters. The van der Waals surface area contributed by atoms with Crippen molar-refractivity contribution >= 4 is 35.0 Å². The van der Waals surface area contributed by atoms with E-state index in [0.29, 0.717) is 23.0 Å². The highest BCUT2D eigenvalue weighted by atomic mass is 35.5. The van der Waals surface area contributed by atoms with E-state index in [4.69, 9.17) is 28.9 Å². The molecule has 0 aliphatic heterocycles. The van der Waals surface area contributed by atoms with Crippen molar-refractivity contribution in [2.45, 2.75) is 32.7 Å². The maximum atomic E-state index is 12.0. The molecular weight excluding hydrogens is 337 g/mol. The Kier molecular flexibility index (Phi) is 7.32. The molecule has 7 heteroatoms. The van der Waals surface area contributed by atoms with Gasteiger partial charge in [0.15, 0.2) is 0 Å². The number of carbonyl (C=O) groups excluding carboxylic acids is 2. The molecule has 0 heterocycles. The van der Waals surface area contributed by atoms with Gasteiger partial charge in [0.25, 0.3) is 5.91 Å². The fourth-order valence-electron chi connectivity index (χ4n) is 2.37. The Labute approximate surface area is 146 Å². The molecule has 0 saturated carbocycles. The molecule has 1 atom stereocenters. The van der Waals surface area contributed by atoms with Crippen molar-refractivity contribution in [2.24, 2.45) is 11.7 Å². The Hall–Kier alpha value is -1.30. The quantitative estimate of drug-likeness (QED) is 0.699. The van der Waals surface area contributed by atoms with Crippen molar-refractivity contribution in [3.05, 3.63) is 33.8 Å². The van der Waals surface area contributed by atoms with Gasteiger partial charge in [-0.3, -0.25) is 9.59 Å². The summed E-state index contributed by atoms with van der Waals surface area (Å²) in [5, 5.41) is 6.08. The molecule has 0 aromatic heterocycles. The van der Waals surface area contributed by atoms with Crippen LogP contribution in [0.4, 0.5) is 0 Å². The second-order valence-corrected chi connectivity index (χ2v) is 7.04. The van der Waals surface area contributed by atoms with Gasteiger partial charge in [0, 0.05) is 17.6 Å². The summed E-state index contributed by atoms with van der Waals surface area (Å²) in [6.45, 7) is 6.22. The number of nitrogens with one attached hydrogen (secondary N) is 2. The van der Waals surface area contributed by atoms with Gasteiger partial charge in [-0.05, 0) is 37.5 Å². The number of halogens is 2. The summed E-state index contributed by atoms with van der Waals surface area (Å²) >= 11 is 11.7. The molecule has 0 aliphatic carbocycles. The summed E-state index contributed by atoms with van der Waals surface area (Å²) in [6, 6.07) is 4.54. The zero-order chi connectivity index (χ0) is 17.6. The highest BCUT2D eigenvalue weighted by Gasteiger charge is 2.25. The summed E-state index contributed by atoms with van der Waals surface area (Å²) in [4.78, 5) is 24.0. The van der Waals surface area contributed by atoms with E-state index in [1.807, 2.05) is 6.92 Å². The van der Waals surface area contributed by atoms with Gasteiger partial charge in [-0.2, -0.15) is 0 Å². The zero-order valence-corrected chi connectivity index (χ0v) is 15.1. The monoisotopic (exact) mass is 359 g/mol. The number of carbonyl (C=O) groups is 2. The molecule has 0 saturated heterocycles. The average Bonchev–Trinajstić information content (AvgIpc) is 2.46. The van der Waals surface area contributed by atoms with E-state index in [9.17, 15) is 9.59 Å². The summed E-state index contributed by atoms with van der Waals surface area (Å²) in [6.07, 6.45) is 0.760. The first-order valence-corrected chi connectivity index (χ1v) is 8.17. The van der Waals surface area contributed by atoms with Crippen LogP contribution in [0, 0.1) is 5.92 Å². The minimum atomic E-state index is -0.487. The number of benzene rings is 1. The van der Waals surface area contributed by atoms with Gasteiger partial charge in [-0.25, -0.2) is 0 Å². The molecule has 0 fully saturated rings. The predicted octanol–water partition coefficient (Wildman–Crippen LogP) is 2.60. The van der Waals surface area contributed by atoms with Gasteiger partial charge in [0.1, 0.15) is 0 Å². The molecule has 128 valence electrons. The van der Waals surface area contributed by atoms with Crippen LogP contribution >= 0.6 is 23.2 Å². The molecule has 23 heavy (non-hydrogen) atoms. The smallest absolute Gasteiger partial charge is 0.251 e. The van der Waals surface area contributed by atoms with Gasteiger partial charge in [0.05, 0.1) is 16.6 Å². The summed E-state index contributed by atoms with van der Waals surface area (Å²) in [7, 11) is 0. The molecule has 0 radical (unpaired) electrons. The van der Waals surface area contributed by atoms with Crippen molar-refractivity contribution in [1.82, 2.24) is 10.6 Å². The van der Waals surface area contributed by atoms with E-state index in [1.165, 1.54) is 12.1 Å². The van der Waals surface area contributed by atoms with Crippen LogP contribution in [0.1, 0.15) is 37.6 Å². The first kappa shape index (κ1) is 19.7. The fraction of sp³-hybridized carbons (Fsp3) is 0.500. The summed E-state index contributed by atoms with van der Waals surface area (Å²) in [5.74, 6) is -0.279. The maximum Gasteiger partial charge on any atom is 0.251 e. The van der Waals surface area contributed by atoms with E-state index < -0.39 is 11.4 Å². The first-order chi connectivity index (χ1) is 10.7. The number of rotatable bonds is 7. The van der Waals surface area contributed by atoms with Gasteiger partial charge in [0.2, 0.25) is 5.91 Å². The largest absolute Gasteiger partial charge is 0.348 e. The second-order valence-electron chi connectivity index (χ2n) is 6.22. The third-order valence-corrected chi connectivity index (χ3v) is 4.08. The standard InChI is InChI=1S/C16H23Cl2N3O2/c1-10(2)7-16(3,9-19)21-14(22)8-20-15(23)11-4-5-12(17)13(18)6-11/h4-6,10H,7-9,19H2,1-3H3,(H,20,23)(H,21,22). The Bertz CT molecular complexity index is 578. The average molecular weight is 360 g/mol.